The van der Waals surface area contributed by atoms with Crippen molar-refractivity contribution in [2.45, 2.75) is 32.9 Å². The summed E-state index contributed by atoms with van der Waals surface area (Å²) in [5.41, 5.74) is 2.39. The Morgan fingerprint density at radius 2 is 2.20 bits per heavy atom. The molecule has 1 aliphatic rings. The number of para-hydroxylation sites is 1. The van der Waals surface area contributed by atoms with Crippen molar-refractivity contribution < 1.29 is 13.9 Å². The Morgan fingerprint density at radius 3 is 2.96 bits per heavy atom. The molecule has 25 heavy (non-hydrogen) atoms. The monoisotopic (exact) mass is 339 g/mol. The van der Waals surface area contributed by atoms with Gasteiger partial charge in [-0.3, -0.25) is 4.79 Å². The molecular formula is C19H21N3O3. The minimum Gasteiger partial charge on any atom is -0.451 e. The molecule has 0 bridgehead atoms. The van der Waals surface area contributed by atoms with Gasteiger partial charge in [0, 0.05) is 30.2 Å². The van der Waals surface area contributed by atoms with Crippen LogP contribution in [0.4, 0.5) is 5.82 Å². The summed E-state index contributed by atoms with van der Waals surface area (Å²) in [5.74, 6) is 1.43. The third-order valence-corrected chi connectivity index (χ3v) is 4.58. The lowest BCUT2D eigenvalue weighted by atomic mass is 10.1. The lowest BCUT2D eigenvalue weighted by molar-refractivity contribution is 0.0991. The van der Waals surface area contributed by atoms with Crippen LogP contribution in [0.15, 0.2) is 34.9 Å². The quantitative estimate of drug-likeness (QED) is 0.742. The van der Waals surface area contributed by atoms with Gasteiger partial charge in [0.15, 0.2) is 5.76 Å². The van der Waals surface area contributed by atoms with Gasteiger partial charge >= 0.3 is 0 Å². The second kappa shape index (κ2) is 6.37. The topological polar surface area (TPSA) is 69.3 Å². The summed E-state index contributed by atoms with van der Waals surface area (Å²) in [5, 5.41) is 8.27. The number of methoxy groups -OCH3 is 1. The lowest BCUT2D eigenvalue weighted by Gasteiger charge is -2.09. The summed E-state index contributed by atoms with van der Waals surface area (Å²) in [7, 11) is 1.61. The molecule has 2 heterocycles. The molecule has 0 radical (unpaired) electrons. The summed E-state index contributed by atoms with van der Waals surface area (Å²) in [4.78, 5) is 12.9. The predicted octanol–water partition coefficient (Wildman–Crippen LogP) is 3.75. The first kappa shape index (κ1) is 15.9. The van der Waals surface area contributed by atoms with E-state index in [4.69, 9.17) is 9.15 Å². The molecule has 1 saturated carbocycles. The first-order valence-electron chi connectivity index (χ1n) is 8.50. The van der Waals surface area contributed by atoms with Crippen molar-refractivity contribution in [2.24, 2.45) is 5.92 Å². The van der Waals surface area contributed by atoms with E-state index in [9.17, 15) is 4.79 Å². The van der Waals surface area contributed by atoms with Crippen molar-refractivity contribution >= 4 is 22.7 Å². The Hall–Kier alpha value is -2.60. The number of hydrogen-bond donors (Lipinski definition) is 1. The highest BCUT2D eigenvalue weighted by molar-refractivity contribution is 6.06. The zero-order valence-electron chi connectivity index (χ0n) is 14.4. The minimum absolute atomic E-state index is 0.274. The number of nitrogens with zero attached hydrogens (tertiary/aromatic N) is 2. The molecule has 0 saturated heterocycles. The zero-order chi connectivity index (χ0) is 17.4. The van der Waals surface area contributed by atoms with Crippen LogP contribution in [-0.2, 0) is 17.9 Å². The van der Waals surface area contributed by atoms with E-state index in [-0.39, 0.29) is 5.91 Å². The normalized spacial score (nSPS) is 14.2. The maximum absolute atomic E-state index is 12.9. The van der Waals surface area contributed by atoms with Crippen molar-refractivity contribution in [3.63, 3.8) is 0 Å². The van der Waals surface area contributed by atoms with Gasteiger partial charge in [-0.25, -0.2) is 4.68 Å². The molecule has 4 rings (SSSR count). The summed E-state index contributed by atoms with van der Waals surface area (Å²) in [6, 6.07) is 7.60. The van der Waals surface area contributed by atoms with E-state index in [1.807, 2.05) is 35.9 Å². The molecule has 1 N–H and O–H groups in total. The molecular weight excluding hydrogens is 318 g/mol. The van der Waals surface area contributed by atoms with E-state index in [1.54, 1.807) is 13.3 Å². The van der Waals surface area contributed by atoms with Gasteiger partial charge < -0.3 is 14.5 Å². The number of anilines is 1. The molecule has 6 heteroatoms. The van der Waals surface area contributed by atoms with Crippen LogP contribution in [0.3, 0.4) is 0 Å². The molecule has 1 fully saturated rings. The van der Waals surface area contributed by atoms with E-state index in [0.717, 1.165) is 28.9 Å². The third-order valence-electron chi connectivity index (χ3n) is 4.58. The Kier molecular flexibility index (Phi) is 4.05. The van der Waals surface area contributed by atoms with E-state index in [2.05, 4.69) is 10.4 Å². The van der Waals surface area contributed by atoms with Crippen LogP contribution in [0.1, 0.15) is 34.5 Å². The maximum atomic E-state index is 12.9. The van der Waals surface area contributed by atoms with Crippen molar-refractivity contribution in [1.82, 2.24) is 9.78 Å². The van der Waals surface area contributed by atoms with Gasteiger partial charge in [0.05, 0.1) is 12.8 Å². The first-order valence-corrected chi connectivity index (χ1v) is 8.50. The molecule has 1 aromatic carbocycles. The number of carbonyl (C=O) groups is 1. The highest BCUT2D eigenvalue weighted by Crippen LogP contribution is 2.32. The number of aromatic nitrogens is 2. The second-order valence-electron chi connectivity index (χ2n) is 6.59. The molecule has 0 unspecified atom stereocenters. The van der Waals surface area contributed by atoms with Gasteiger partial charge in [0.25, 0.3) is 5.91 Å². The lowest BCUT2D eigenvalue weighted by Crippen LogP contribution is -2.18. The number of benzene rings is 1. The average Bonchev–Trinajstić information content (AvgIpc) is 3.27. The fourth-order valence-electron chi connectivity index (χ4n) is 3.06. The van der Waals surface area contributed by atoms with Gasteiger partial charge in [-0.15, -0.1) is 0 Å². The highest BCUT2D eigenvalue weighted by Gasteiger charge is 2.26. The summed E-state index contributed by atoms with van der Waals surface area (Å²) in [6.45, 7) is 3.11. The number of rotatable bonds is 6. The summed E-state index contributed by atoms with van der Waals surface area (Å²) < 4.78 is 13.0. The highest BCUT2D eigenvalue weighted by atomic mass is 16.5. The zero-order valence-corrected chi connectivity index (χ0v) is 14.4. The van der Waals surface area contributed by atoms with Crippen molar-refractivity contribution in [3.05, 3.63) is 47.3 Å². The Morgan fingerprint density at radius 1 is 1.40 bits per heavy atom. The van der Waals surface area contributed by atoms with Gasteiger partial charge in [0.1, 0.15) is 11.4 Å². The van der Waals surface area contributed by atoms with Crippen molar-refractivity contribution in [1.29, 1.82) is 0 Å². The van der Waals surface area contributed by atoms with E-state index >= 15 is 0 Å². The fourth-order valence-corrected chi connectivity index (χ4v) is 3.06. The van der Waals surface area contributed by atoms with E-state index < -0.39 is 0 Å². The average molecular weight is 339 g/mol. The SMILES string of the molecule is COCc1c(C(=O)Nc2c(C)cnn2CC2CC2)oc2ccccc12. The largest absolute Gasteiger partial charge is 0.451 e. The number of furan rings is 1. The molecule has 1 aliphatic carbocycles. The Bertz CT molecular complexity index is 921. The molecule has 0 atom stereocenters. The van der Waals surface area contributed by atoms with E-state index in [1.165, 1.54) is 12.8 Å². The minimum atomic E-state index is -0.274. The van der Waals surface area contributed by atoms with E-state index in [0.29, 0.717) is 23.9 Å². The summed E-state index contributed by atoms with van der Waals surface area (Å²) in [6.07, 6.45) is 4.24. The van der Waals surface area contributed by atoms with Crippen LogP contribution in [0, 0.1) is 12.8 Å². The standard InChI is InChI=1S/C19H21N3O3/c1-12-9-20-22(10-13-7-8-13)18(12)21-19(23)17-15(11-24-2)14-5-3-4-6-16(14)25-17/h3-6,9,13H,7-8,10-11H2,1-2H3,(H,21,23). The summed E-state index contributed by atoms with van der Waals surface area (Å²) >= 11 is 0. The smallest absolute Gasteiger partial charge is 0.292 e. The van der Waals surface area contributed by atoms with Gasteiger partial charge in [-0.1, -0.05) is 18.2 Å². The number of fused-ring (bicyclic) bond motifs is 1. The van der Waals surface area contributed by atoms with Crippen LogP contribution in [-0.4, -0.2) is 22.8 Å². The molecule has 3 aromatic rings. The van der Waals surface area contributed by atoms with Gasteiger partial charge in [0.2, 0.25) is 0 Å². The van der Waals surface area contributed by atoms with Crippen LogP contribution >= 0.6 is 0 Å². The maximum Gasteiger partial charge on any atom is 0.292 e. The molecule has 1 amide bonds. The first-order chi connectivity index (χ1) is 12.2. The molecule has 0 aliphatic heterocycles. The second-order valence-corrected chi connectivity index (χ2v) is 6.59. The molecule has 6 nitrogen and oxygen atoms in total. The molecule has 0 spiro atoms. The van der Waals surface area contributed by atoms with Crippen LogP contribution < -0.4 is 5.32 Å². The van der Waals surface area contributed by atoms with Crippen LogP contribution in [0.5, 0.6) is 0 Å². The van der Waals surface area contributed by atoms with Gasteiger partial charge in [-0.05, 0) is 31.7 Å². The molecule has 2 aromatic heterocycles. The number of ether oxygens (including phenoxy) is 1. The van der Waals surface area contributed by atoms with Gasteiger partial charge in [-0.2, -0.15) is 5.10 Å². The number of amides is 1. The predicted molar refractivity (Wildman–Crippen MR) is 94.6 cm³/mol. The van der Waals surface area contributed by atoms with Crippen LogP contribution in [0.2, 0.25) is 0 Å². The Balaban J connectivity index is 1.66. The molecule has 130 valence electrons. The number of hydrogen-bond acceptors (Lipinski definition) is 4. The van der Waals surface area contributed by atoms with Crippen molar-refractivity contribution in [3.8, 4) is 0 Å². The number of nitrogens with one attached hydrogen (secondary N) is 1. The number of carbonyl (C=O) groups excluding carboxylic acids is 1. The Labute approximate surface area is 145 Å². The fraction of sp³-hybridized carbons (Fsp3) is 0.368. The van der Waals surface area contributed by atoms with Crippen LogP contribution in [0.25, 0.3) is 11.0 Å². The number of aryl methyl sites for hydroxylation is 1. The van der Waals surface area contributed by atoms with Crippen molar-refractivity contribution in [2.75, 3.05) is 12.4 Å². The third kappa shape index (κ3) is 3.05.